The van der Waals surface area contributed by atoms with E-state index in [0.29, 0.717) is 10.9 Å². The van der Waals surface area contributed by atoms with E-state index < -0.39 is 0 Å². The Kier molecular flexibility index (Phi) is 6.01. The second-order valence-electron chi connectivity index (χ2n) is 8.12. The molecule has 0 spiro atoms. The van der Waals surface area contributed by atoms with Crippen LogP contribution in [-0.4, -0.2) is 20.9 Å². The fourth-order valence-corrected chi connectivity index (χ4v) is 7.44. The summed E-state index contributed by atoms with van der Waals surface area (Å²) in [6.45, 7) is 5.68. The van der Waals surface area contributed by atoms with Gasteiger partial charge in [0.25, 0.3) is 0 Å². The summed E-state index contributed by atoms with van der Waals surface area (Å²) in [4.78, 5) is 30.7. The van der Waals surface area contributed by atoms with Gasteiger partial charge in [-0.15, -0.1) is 22.7 Å². The van der Waals surface area contributed by atoms with Crippen molar-refractivity contribution in [2.75, 3.05) is 4.90 Å². The molecule has 0 bridgehead atoms. The number of rotatable bonds is 5. The summed E-state index contributed by atoms with van der Waals surface area (Å²) in [5.74, 6) is 0.680. The van der Waals surface area contributed by atoms with Gasteiger partial charge in [0, 0.05) is 28.3 Å². The lowest BCUT2D eigenvalue weighted by molar-refractivity contribution is -0.115. The first kappa shape index (κ1) is 21.6. The molecule has 32 heavy (non-hydrogen) atoms. The van der Waals surface area contributed by atoms with E-state index in [1.165, 1.54) is 45.6 Å². The van der Waals surface area contributed by atoms with Crippen molar-refractivity contribution < 1.29 is 4.79 Å². The standard InChI is InChI=1S/C24H24N4OS3/c1-14-8-9-19(15(2)10-14)28(16(3)29)24-27-17(12-31-24)11-30-22-21-18-6-4-5-7-20(18)32-23(21)26-13-25-22/h8-10,12-13H,4-7,11H2,1-3H3. The summed E-state index contributed by atoms with van der Waals surface area (Å²) in [5, 5.41) is 5.04. The van der Waals surface area contributed by atoms with Gasteiger partial charge in [-0.3, -0.25) is 9.69 Å². The Hall–Kier alpha value is -2.29. The highest BCUT2D eigenvalue weighted by Gasteiger charge is 2.22. The van der Waals surface area contributed by atoms with Gasteiger partial charge in [-0.1, -0.05) is 29.5 Å². The number of aromatic nitrogens is 3. The number of benzene rings is 1. The van der Waals surface area contributed by atoms with Gasteiger partial charge in [0.2, 0.25) is 5.91 Å². The van der Waals surface area contributed by atoms with Crippen LogP contribution in [0.1, 0.15) is 47.0 Å². The minimum atomic E-state index is -0.0343. The van der Waals surface area contributed by atoms with Crippen LogP contribution < -0.4 is 4.90 Å². The molecule has 0 atom stereocenters. The molecule has 0 unspecified atom stereocenters. The van der Waals surface area contributed by atoms with Gasteiger partial charge in [0.1, 0.15) is 16.2 Å². The largest absolute Gasteiger partial charge is 0.274 e. The molecule has 1 amide bonds. The molecule has 0 saturated heterocycles. The van der Waals surface area contributed by atoms with Gasteiger partial charge in [-0.2, -0.15) is 0 Å². The second kappa shape index (κ2) is 8.92. The molecule has 3 aromatic heterocycles. The Balaban J connectivity index is 1.40. The Morgan fingerprint density at radius 1 is 1.19 bits per heavy atom. The highest BCUT2D eigenvalue weighted by Crippen LogP contribution is 2.40. The van der Waals surface area contributed by atoms with Crippen LogP contribution in [0.5, 0.6) is 0 Å². The van der Waals surface area contributed by atoms with Gasteiger partial charge in [-0.25, -0.2) is 15.0 Å². The van der Waals surface area contributed by atoms with Gasteiger partial charge >= 0.3 is 0 Å². The summed E-state index contributed by atoms with van der Waals surface area (Å²) in [6, 6.07) is 6.13. The summed E-state index contributed by atoms with van der Waals surface area (Å²) >= 11 is 5.04. The molecule has 0 fully saturated rings. The van der Waals surface area contributed by atoms with Crippen LogP contribution in [0.4, 0.5) is 10.8 Å². The first-order valence-electron chi connectivity index (χ1n) is 10.7. The molecule has 4 aromatic rings. The number of hydrogen-bond donors (Lipinski definition) is 0. The molecule has 0 radical (unpaired) electrons. The summed E-state index contributed by atoms with van der Waals surface area (Å²) in [6.07, 6.45) is 6.48. The van der Waals surface area contributed by atoms with Crippen molar-refractivity contribution >= 4 is 61.4 Å². The Bertz CT molecular complexity index is 1310. The second-order valence-corrected chi connectivity index (χ2v) is 11.0. The lowest BCUT2D eigenvalue weighted by atomic mass is 9.97. The Labute approximate surface area is 199 Å². The number of hydrogen-bond acceptors (Lipinski definition) is 7. The Morgan fingerprint density at radius 3 is 2.84 bits per heavy atom. The molecule has 1 aliphatic carbocycles. The van der Waals surface area contributed by atoms with Crippen molar-refractivity contribution in [3.05, 3.63) is 57.2 Å². The minimum absolute atomic E-state index is 0.0343. The molecule has 8 heteroatoms. The predicted molar refractivity (Wildman–Crippen MR) is 134 cm³/mol. The molecule has 1 aliphatic rings. The van der Waals surface area contributed by atoms with Crippen LogP contribution in [0.2, 0.25) is 0 Å². The summed E-state index contributed by atoms with van der Waals surface area (Å²) in [7, 11) is 0. The highest BCUT2D eigenvalue weighted by molar-refractivity contribution is 7.98. The van der Waals surface area contributed by atoms with Gasteiger partial charge in [0.15, 0.2) is 5.13 Å². The minimum Gasteiger partial charge on any atom is -0.274 e. The van der Waals surface area contributed by atoms with E-state index >= 15 is 0 Å². The van der Waals surface area contributed by atoms with Gasteiger partial charge in [-0.05, 0) is 56.7 Å². The molecular formula is C24H24N4OS3. The SMILES string of the molecule is CC(=O)N(c1nc(CSc2ncnc3sc4c(c23)CCCC4)cs1)c1ccc(C)cc1C. The maximum absolute atomic E-state index is 12.5. The number of anilines is 2. The van der Waals surface area contributed by atoms with Crippen LogP contribution in [0.25, 0.3) is 10.2 Å². The van der Waals surface area contributed by atoms with Crippen LogP contribution in [0.15, 0.2) is 34.9 Å². The predicted octanol–water partition coefficient (Wildman–Crippen LogP) is 6.62. The molecule has 5 rings (SSSR count). The average Bonchev–Trinajstić information content (AvgIpc) is 3.38. The molecule has 1 aromatic carbocycles. The number of carbonyl (C=O) groups excluding carboxylic acids is 1. The number of thioether (sulfide) groups is 1. The smallest absolute Gasteiger partial charge is 0.230 e. The molecule has 0 saturated carbocycles. The fourth-order valence-electron chi connectivity index (χ4n) is 4.24. The third-order valence-electron chi connectivity index (χ3n) is 5.71. The van der Waals surface area contributed by atoms with Crippen molar-refractivity contribution in [2.24, 2.45) is 0 Å². The first-order valence-corrected chi connectivity index (χ1v) is 13.4. The van der Waals surface area contributed by atoms with Crippen molar-refractivity contribution in [3.63, 3.8) is 0 Å². The fraction of sp³-hybridized carbons (Fsp3) is 0.333. The molecular weight excluding hydrogens is 456 g/mol. The topological polar surface area (TPSA) is 59.0 Å². The zero-order valence-corrected chi connectivity index (χ0v) is 20.8. The van der Waals surface area contributed by atoms with E-state index in [9.17, 15) is 4.79 Å². The number of nitrogens with zero attached hydrogens (tertiary/aromatic N) is 4. The molecule has 5 nitrogen and oxygen atoms in total. The van der Waals surface area contributed by atoms with E-state index in [0.717, 1.165) is 39.6 Å². The van der Waals surface area contributed by atoms with Crippen molar-refractivity contribution in [1.29, 1.82) is 0 Å². The molecule has 0 N–H and O–H groups in total. The van der Waals surface area contributed by atoms with E-state index in [2.05, 4.69) is 23.0 Å². The molecule has 3 heterocycles. The maximum atomic E-state index is 12.5. The zero-order valence-electron chi connectivity index (χ0n) is 18.3. The molecule has 164 valence electrons. The first-order chi connectivity index (χ1) is 15.5. The van der Waals surface area contributed by atoms with Crippen LogP contribution >= 0.6 is 34.4 Å². The normalized spacial score (nSPS) is 13.3. The molecule has 0 aliphatic heterocycles. The highest BCUT2D eigenvalue weighted by atomic mass is 32.2. The van der Waals surface area contributed by atoms with E-state index in [1.54, 1.807) is 29.9 Å². The lowest BCUT2D eigenvalue weighted by Crippen LogP contribution is -2.23. The lowest BCUT2D eigenvalue weighted by Gasteiger charge is -2.20. The van der Waals surface area contributed by atoms with Crippen molar-refractivity contribution in [3.8, 4) is 0 Å². The number of carbonyl (C=O) groups is 1. The van der Waals surface area contributed by atoms with Crippen LogP contribution in [-0.2, 0) is 23.4 Å². The maximum Gasteiger partial charge on any atom is 0.230 e. The van der Waals surface area contributed by atoms with Gasteiger partial charge < -0.3 is 0 Å². The number of aryl methyl sites for hydroxylation is 4. The van der Waals surface area contributed by atoms with Crippen molar-refractivity contribution in [1.82, 2.24) is 15.0 Å². The summed E-state index contributed by atoms with van der Waals surface area (Å²) < 4.78 is 0. The van der Waals surface area contributed by atoms with E-state index in [-0.39, 0.29) is 5.91 Å². The third kappa shape index (κ3) is 4.07. The Morgan fingerprint density at radius 2 is 2.03 bits per heavy atom. The quantitative estimate of drug-likeness (QED) is 0.237. The summed E-state index contributed by atoms with van der Waals surface area (Å²) in [5.41, 5.74) is 5.55. The number of fused-ring (bicyclic) bond motifs is 3. The van der Waals surface area contributed by atoms with Gasteiger partial charge in [0.05, 0.1) is 11.4 Å². The van der Waals surface area contributed by atoms with Crippen LogP contribution in [0.3, 0.4) is 0 Å². The third-order valence-corrected chi connectivity index (χ3v) is 8.81. The average molecular weight is 481 g/mol. The number of amides is 1. The van der Waals surface area contributed by atoms with E-state index in [1.807, 2.05) is 35.8 Å². The van der Waals surface area contributed by atoms with Crippen LogP contribution in [0, 0.1) is 13.8 Å². The number of thiazole rings is 1. The zero-order chi connectivity index (χ0) is 22.2. The monoisotopic (exact) mass is 480 g/mol. The van der Waals surface area contributed by atoms with Crippen molar-refractivity contribution in [2.45, 2.75) is 57.2 Å². The number of thiophene rings is 1. The van der Waals surface area contributed by atoms with E-state index in [4.69, 9.17) is 4.98 Å².